The quantitative estimate of drug-likeness (QED) is 0.651. The van der Waals surface area contributed by atoms with Crippen LogP contribution in [-0.4, -0.2) is 17.4 Å². The lowest BCUT2D eigenvalue weighted by molar-refractivity contribution is -0.385. The molecule has 2 atom stereocenters. The van der Waals surface area contributed by atoms with Crippen LogP contribution in [0.5, 0.6) is 0 Å². The number of aryl methyl sites for hydroxylation is 1. The summed E-state index contributed by atoms with van der Waals surface area (Å²) in [6.45, 7) is 2.18. The molecule has 6 nitrogen and oxygen atoms in total. The van der Waals surface area contributed by atoms with E-state index >= 15 is 0 Å². The number of anilines is 1. The summed E-state index contributed by atoms with van der Waals surface area (Å²) in [5, 5.41) is 13.6. The van der Waals surface area contributed by atoms with Gasteiger partial charge in [0.1, 0.15) is 0 Å². The molecule has 0 saturated heterocycles. The Morgan fingerprint density at radius 1 is 1.50 bits per heavy atom. The number of hydrogen-bond donors (Lipinski definition) is 2. The van der Waals surface area contributed by atoms with Gasteiger partial charge in [-0.3, -0.25) is 14.9 Å². The largest absolute Gasteiger partial charge is 0.330 e. The first-order chi connectivity index (χ1) is 9.52. The number of carbonyl (C=O) groups is 1. The third-order valence-electron chi connectivity index (χ3n) is 3.96. The van der Waals surface area contributed by atoms with E-state index < -0.39 is 4.92 Å². The minimum Gasteiger partial charge on any atom is -0.330 e. The number of carbonyl (C=O) groups excluding carboxylic acids is 1. The van der Waals surface area contributed by atoms with E-state index in [1.165, 1.54) is 6.07 Å². The third kappa shape index (κ3) is 2.96. The van der Waals surface area contributed by atoms with Gasteiger partial charge in [0.25, 0.3) is 5.69 Å². The first kappa shape index (κ1) is 14.5. The number of nitro benzene ring substituents is 1. The Labute approximate surface area is 117 Å². The number of nitrogens with two attached hydrogens (primary N) is 1. The highest BCUT2D eigenvalue weighted by Gasteiger charge is 2.31. The molecule has 1 fully saturated rings. The van der Waals surface area contributed by atoms with Crippen molar-refractivity contribution in [1.82, 2.24) is 0 Å². The van der Waals surface area contributed by atoms with Crippen molar-refractivity contribution in [2.24, 2.45) is 17.6 Å². The van der Waals surface area contributed by atoms with Crippen molar-refractivity contribution in [1.29, 1.82) is 0 Å². The smallest absolute Gasteiger partial charge is 0.272 e. The Morgan fingerprint density at radius 2 is 2.25 bits per heavy atom. The van der Waals surface area contributed by atoms with Crippen molar-refractivity contribution in [3.8, 4) is 0 Å². The van der Waals surface area contributed by atoms with E-state index in [2.05, 4.69) is 5.32 Å². The monoisotopic (exact) mass is 277 g/mol. The second-order valence-corrected chi connectivity index (χ2v) is 5.28. The van der Waals surface area contributed by atoms with Gasteiger partial charge in [0, 0.05) is 23.2 Å². The maximum atomic E-state index is 12.2. The predicted molar refractivity (Wildman–Crippen MR) is 76.3 cm³/mol. The van der Waals surface area contributed by atoms with Gasteiger partial charge in [0.2, 0.25) is 5.91 Å². The zero-order chi connectivity index (χ0) is 14.7. The Balaban J connectivity index is 2.08. The molecule has 2 unspecified atom stereocenters. The van der Waals surface area contributed by atoms with Crippen molar-refractivity contribution in [2.75, 3.05) is 11.9 Å². The molecule has 1 aromatic rings. The molecule has 1 aliphatic rings. The molecular formula is C14H19N3O3. The van der Waals surface area contributed by atoms with Gasteiger partial charge in [0.15, 0.2) is 0 Å². The van der Waals surface area contributed by atoms with Gasteiger partial charge in [-0.2, -0.15) is 0 Å². The molecule has 0 spiro atoms. The van der Waals surface area contributed by atoms with E-state index in [-0.39, 0.29) is 23.4 Å². The van der Waals surface area contributed by atoms with Crippen LogP contribution in [-0.2, 0) is 4.79 Å². The molecule has 3 N–H and O–H groups in total. The van der Waals surface area contributed by atoms with Crippen molar-refractivity contribution >= 4 is 17.3 Å². The van der Waals surface area contributed by atoms with Crippen LogP contribution in [0.3, 0.4) is 0 Å². The minimum absolute atomic E-state index is 0.0359. The lowest BCUT2D eigenvalue weighted by Gasteiger charge is -2.17. The van der Waals surface area contributed by atoms with Crippen molar-refractivity contribution in [3.05, 3.63) is 33.9 Å². The van der Waals surface area contributed by atoms with Crippen LogP contribution in [0, 0.1) is 28.9 Å². The minimum atomic E-state index is -0.428. The van der Waals surface area contributed by atoms with Gasteiger partial charge in [-0.25, -0.2) is 0 Å². The predicted octanol–water partition coefficient (Wildman–Crippen LogP) is 2.22. The number of hydrogen-bond acceptors (Lipinski definition) is 4. The zero-order valence-electron chi connectivity index (χ0n) is 11.5. The molecule has 0 aliphatic heterocycles. The summed E-state index contributed by atoms with van der Waals surface area (Å²) in [7, 11) is 0. The number of rotatable bonds is 4. The van der Waals surface area contributed by atoms with Gasteiger partial charge in [0.05, 0.1) is 4.92 Å². The molecule has 0 bridgehead atoms. The molecule has 20 heavy (non-hydrogen) atoms. The van der Waals surface area contributed by atoms with Gasteiger partial charge in [-0.05, 0) is 44.4 Å². The average molecular weight is 277 g/mol. The van der Waals surface area contributed by atoms with E-state index in [0.717, 1.165) is 19.3 Å². The van der Waals surface area contributed by atoms with Gasteiger partial charge in [-0.15, -0.1) is 0 Å². The molecule has 0 radical (unpaired) electrons. The maximum Gasteiger partial charge on any atom is 0.272 e. The van der Waals surface area contributed by atoms with E-state index in [1.54, 1.807) is 19.1 Å². The summed E-state index contributed by atoms with van der Waals surface area (Å²) in [6.07, 6.45) is 2.88. The molecule has 2 rings (SSSR count). The van der Waals surface area contributed by atoms with E-state index in [9.17, 15) is 14.9 Å². The topological polar surface area (TPSA) is 98.3 Å². The summed E-state index contributed by atoms with van der Waals surface area (Å²) in [6, 6.07) is 4.61. The second-order valence-electron chi connectivity index (χ2n) is 5.28. The average Bonchev–Trinajstić information content (AvgIpc) is 2.86. The Hall–Kier alpha value is -1.95. The summed E-state index contributed by atoms with van der Waals surface area (Å²) < 4.78 is 0. The van der Waals surface area contributed by atoms with E-state index in [1.807, 2.05) is 0 Å². The third-order valence-corrected chi connectivity index (χ3v) is 3.96. The molecule has 6 heteroatoms. The molecule has 1 saturated carbocycles. The summed E-state index contributed by atoms with van der Waals surface area (Å²) in [5.74, 6) is 0.163. The second kappa shape index (κ2) is 6.00. The van der Waals surface area contributed by atoms with Gasteiger partial charge < -0.3 is 11.1 Å². The molecule has 1 amide bonds. The Morgan fingerprint density at radius 3 is 2.85 bits per heavy atom. The van der Waals surface area contributed by atoms with Crippen molar-refractivity contribution < 1.29 is 9.72 Å². The number of nitrogens with one attached hydrogen (secondary N) is 1. The summed E-state index contributed by atoms with van der Waals surface area (Å²) >= 11 is 0. The lowest BCUT2D eigenvalue weighted by Crippen LogP contribution is -2.29. The van der Waals surface area contributed by atoms with Crippen LogP contribution in [0.2, 0.25) is 0 Å². The molecule has 1 aromatic carbocycles. The fraction of sp³-hybridized carbons (Fsp3) is 0.500. The fourth-order valence-electron chi connectivity index (χ4n) is 2.84. The highest BCUT2D eigenvalue weighted by molar-refractivity contribution is 5.93. The Bertz CT molecular complexity index is 530. The highest BCUT2D eigenvalue weighted by atomic mass is 16.6. The number of nitro groups is 1. The van der Waals surface area contributed by atoms with Gasteiger partial charge in [-0.1, -0.05) is 6.42 Å². The molecule has 108 valence electrons. The van der Waals surface area contributed by atoms with Crippen LogP contribution < -0.4 is 11.1 Å². The van der Waals surface area contributed by atoms with Crippen LogP contribution in [0.15, 0.2) is 18.2 Å². The number of amides is 1. The SMILES string of the molecule is Cc1cc(NC(=O)C2CCCC2CN)ccc1[N+](=O)[O-]. The first-order valence-corrected chi connectivity index (χ1v) is 6.79. The van der Waals surface area contributed by atoms with Gasteiger partial charge >= 0.3 is 0 Å². The van der Waals surface area contributed by atoms with Crippen LogP contribution in [0.4, 0.5) is 11.4 Å². The van der Waals surface area contributed by atoms with Crippen molar-refractivity contribution in [2.45, 2.75) is 26.2 Å². The van der Waals surface area contributed by atoms with Crippen LogP contribution in [0.1, 0.15) is 24.8 Å². The summed E-state index contributed by atoms with van der Waals surface area (Å²) in [5.41, 5.74) is 6.87. The number of nitrogens with zero attached hydrogens (tertiary/aromatic N) is 1. The van der Waals surface area contributed by atoms with E-state index in [4.69, 9.17) is 5.73 Å². The normalized spacial score (nSPS) is 21.7. The number of benzene rings is 1. The maximum absolute atomic E-state index is 12.2. The first-order valence-electron chi connectivity index (χ1n) is 6.79. The fourth-order valence-corrected chi connectivity index (χ4v) is 2.84. The molecular weight excluding hydrogens is 258 g/mol. The standard InChI is InChI=1S/C14H19N3O3/c1-9-7-11(5-6-13(9)17(19)20)16-14(18)12-4-2-3-10(12)8-15/h5-7,10,12H,2-4,8,15H2,1H3,(H,16,18). The zero-order valence-corrected chi connectivity index (χ0v) is 11.5. The van der Waals surface area contributed by atoms with Crippen LogP contribution in [0.25, 0.3) is 0 Å². The van der Waals surface area contributed by atoms with Crippen LogP contribution >= 0.6 is 0 Å². The lowest BCUT2D eigenvalue weighted by atomic mass is 9.95. The highest BCUT2D eigenvalue weighted by Crippen LogP contribution is 2.32. The van der Waals surface area contributed by atoms with E-state index in [0.29, 0.717) is 17.8 Å². The molecule has 1 aliphatic carbocycles. The summed E-state index contributed by atoms with van der Waals surface area (Å²) in [4.78, 5) is 22.5. The van der Waals surface area contributed by atoms with Crippen molar-refractivity contribution in [3.63, 3.8) is 0 Å². The molecule has 0 heterocycles. The molecule has 0 aromatic heterocycles. The Kier molecular flexibility index (Phi) is 4.34.